The molecule has 2 N–H and O–H groups in total. The lowest BCUT2D eigenvalue weighted by molar-refractivity contribution is 0.384. The highest BCUT2D eigenvalue weighted by atomic mass is 31.2. The lowest BCUT2D eigenvalue weighted by Gasteiger charge is -2.00. The minimum atomic E-state index is -4.44. The van der Waals surface area contributed by atoms with Crippen molar-refractivity contribution in [3.05, 3.63) is 41.2 Å². The molecule has 0 amide bonds. The minimum Gasteiger partial charge on any atom is -0.321 e. The van der Waals surface area contributed by atoms with Gasteiger partial charge in [0.1, 0.15) is 11.4 Å². The van der Waals surface area contributed by atoms with E-state index in [9.17, 15) is 4.57 Å². The Morgan fingerprint density at radius 2 is 1.93 bits per heavy atom. The summed E-state index contributed by atoms with van der Waals surface area (Å²) in [6.07, 6.45) is 1.18. The molecular formula is C9H8NO3P. The number of hydrogen-bond donors (Lipinski definition) is 2. The molecule has 0 heterocycles. The fourth-order valence-corrected chi connectivity index (χ4v) is 1.34. The number of rotatable bonds is 2. The number of allylic oxidation sites excluding steroid dienone is 1. The fraction of sp³-hybridized carbons (Fsp3) is 0. The molecule has 0 aromatic heterocycles. The van der Waals surface area contributed by atoms with Crippen molar-refractivity contribution in [1.29, 1.82) is 5.26 Å². The third-order valence-corrected chi connectivity index (χ3v) is 2.39. The lowest BCUT2D eigenvalue weighted by Crippen LogP contribution is -1.82. The summed E-state index contributed by atoms with van der Waals surface area (Å²) in [6, 6.07) is 10.0. The van der Waals surface area contributed by atoms with E-state index in [1.54, 1.807) is 30.3 Å². The Balaban J connectivity index is 3.11. The second-order valence-electron chi connectivity index (χ2n) is 2.60. The Morgan fingerprint density at radius 3 is 2.36 bits per heavy atom. The first-order valence-electron chi connectivity index (χ1n) is 3.77. The van der Waals surface area contributed by atoms with Crippen LogP contribution in [0.2, 0.25) is 0 Å². The van der Waals surface area contributed by atoms with Gasteiger partial charge in [0.05, 0.1) is 0 Å². The summed E-state index contributed by atoms with van der Waals surface area (Å²) in [5.41, 5.74) is 0.590. The Bertz CT molecular complexity index is 427. The molecule has 0 atom stereocenters. The first-order chi connectivity index (χ1) is 6.54. The molecule has 14 heavy (non-hydrogen) atoms. The van der Waals surface area contributed by atoms with Crippen molar-refractivity contribution in [3.8, 4) is 6.07 Å². The van der Waals surface area contributed by atoms with Crippen LogP contribution in [0.5, 0.6) is 0 Å². The molecule has 0 aliphatic carbocycles. The van der Waals surface area contributed by atoms with E-state index in [2.05, 4.69) is 0 Å². The molecule has 0 saturated carbocycles. The van der Waals surface area contributed by atoms with Gasteiger partial charge >= 0.3 is 7.60 Å². The molecule has 0 aliphatic rings. The summed E-state index contributed by atoms with van der Waals surface area (Å²) in [6.45, 7) is 0. The second-order valence-corrected chi connectivity index (χ2v) is 4.17. The number of hydrogen-bond acceptors (Lipinski definition) is 2. The molecule has 0 bridgehead atoms. The Hall–Kier alpha value is -1.40. The SMILES string of the molecule is N#C/C(=C\c1ccccc1)P(=O)(O)O. The van der Waals surface area contributed by atoms with Gasteiger partial charge in [-0.25, -0.2) is 0 Å². The van der Waals surface area contributed by atoms with E-state index in [1.807, 2.05) is 0 Å². The first kappa shape index (κ1) is 10.7. The van der Waals surface area contributed by atoms with Crippen LogP contribution < -0.4 is 0 Å². The van der Waals surface area contributed by atoms with Crippen molar-refractivity contribution in [2.24, 2.45) is 0 Å². The maximum Gasteiger partial charge on any atom is 0.366 e. The van der Waals surface area contributed by atoms with Crippen LogP contribution in [0.1, 0.15) is 5.56 Å². The molecule has 0 radical (unpaired) electrons. The van der Waals surface area contributed by atoms with Crippen LogP contribution in [-0.2, 0) is 4.57 Å². The van der Waals surface area contributed by atoms with Crippen molar-refractivity contribution in [3.63, 3.8) is 0 Å². The zero-order chi connectivity index (χ0) is 10.6. The van der Waals surface area contributed by atoms with Gasteiger partial charge in [0.2, 0.25) is 0 Å². The molecule has 0 aliphatic heterocycles. The van der Waals surface area contributed by atoms with Crippen LogP contribution in [0.25, 0.3) is 6.08 Å². The minimum absolute atomic E-state index is 0.524. The summed E-state index contributed by atoms with van der Waals surface area (Å²) >= 11 is 0. The number of nitriles is 1. The molecule has 0 spiro atoms. The van der Waals surface area contributed by atoms with Gasteiger partial charge < -0.3 is 9.79 Å². The standard InChI is InChI=1S/C9H8NO3P/c10-7-9(14(11,12)13)6-8-4-2-1-3-5-8/h1-6H,(H2,11,12,13)/b9-6+. The average molecular weight is 209 g/mol. The van der Waals surface area contributed by atoms with E-state index < -0.39 is 12.9 Å². The molecule has 0 unspecified atom stereocenters. The van der Waals surface area contributed by atoms with Crippen LogP contribution in [0, 0.1) is 11.3 Å². The molecule has 72 valence electrons. The highest BCUT2D eigenvalue weighted by molar-refractivity contribution is 7.57. The summed E-state index contributed by atoms with van der Waals surface area (Å²) in [5.74, 6) is 0. The molecule has 5 heteroatoms. The molecule has 0 fully saturated rings. The van der Waals surface area contributed by atoms with Crippen LogP contribution in [0.3, 0.4) is 0 Å². The number of nitrogens with zero attached hydrogens (tertiary/aromatic N) is 1. The van der Waals surface area contributed by atoms with Gasteiger partial charge in [0, 0.05) is 0 Å². The van der Waals surface area contributed by atoms with Crippen molar-refractivity contribution in [2.75, 3.05) is 0 Å². The lowest BCUT2D eigenvalue weighted by atomic mass is 10.2. The van der Waals surface area contributed by atoms with E-state index in [1.165, 1.54) is 12.1 Å². The first-order valence-corrected chi connectivity index (χ1v) is 5.38. The predicted molar refractivity (Wildman–Crippen MR) is 52.1 cm³/mol. The van der Waals surface area contributed by atoms with Gasteiger partial charge in [-0.05, 0) is 11.6 Å². The molecule has 1 aromatic rings. The van der Waals surface area contributed by atoms with E-state index in [4.69, 9.17) is 15.0 Å². The van der Waals surface area contributed by atoms with E-state index in [0.717, 1.165) is 0 Å². The van der Waals surface area contributed by atoms with E-state index in [-0.39, 0.29) is 0 Å². The highest BCUT2D eigenvalue weighted by Gasteiger charge is 2.20. The average Bonchev–Trinajstić information content (AvgIpc) is 2.14. The molecule has 0 saturated heterocycles. The van der Waals surface area contributed by atoms with E-state index in [0.29, 0.717) is 5.56 Å². The van der Waals surface area contributed by atoms with Crippen molar-refractivity contribution >= 4 is 13.7 Å². The van der Waals surface area contributed by atoms with Gasteiger partial charge in [-0.3, -0.25) is 4.57 Å². The Labute approximate surface area is 81.3 Å². The van der Waals surface area contributed by atoms with Crippen LogP contribution >= 0.6 is 7.60 Å². The van der Waals surface area contributed by atoms with Gasteiger partial charge in [0.25, 0.3) is 0 Å². The van der Waals surface area contributed by atoms with Gasteiger partial charge in [-0.15, -0.1) is 0 Å². The predicted octanol–water partition coefficient (Wildman–Crippen LogP) is 1.73. The normalized spacial score (nSPS) is 12.2. The third kappa shape index (κ3) is 2.82. The summed E-state index contributed by atoms with van der Waals surface area (Å²) in [5, 5.41) is 7.99. The largest absolute Gasteiger partial charge is 0.366 e. The van der Waals surface area contributed by atoms with Gasteiger partial charge in [-0.2, -0.15) is 5.26 Å². The zero-order valence-corrected chi connectivity index (χ0v) is 8.06. The monoisotopic (exact) mass is 209 g/mol. The van der Waals surface area contributed by atoms with Crippen molar-refractivity contribution < 1.29 is 14.4 Å². The molecule has 4 nitrogen and oxygen atoms in total. The molecule has 1 aromatic carbocycles. The summed E-state index contributed by atoms with van der Waals surface area (Å²) < 4.78 is 10.8. The summed E-state index contributed by atoms with van der Waals surface area (Å²) in [4.78, 5) is 17.5. The highest BCUT2D eigenvalue weighted by Crippen LogP contribution is 2.45. The quantitative estimate of drug-likeness (QED) is 0.574. The maximum atomic E-state index is 10.8. The summed E-state index contributed by atoms with van der Waals surface area (Å²) in [7, 11) is -4.44. The van der Waals surface area contributed by atoms with E-state index >= 15 is 0 Å². The van der Waals surface area contributed by atoms with Crippen LogP contribution in [0.4, 0.5) is 0 Å². The van der Waals surface area contributed by atoms with Gasteiger partial charge in [-0.1, -0.05) is 30.3 Å². The van der Waals surface area contributed by atoms with Crippen LogP contribution in [0.15, 0.2) is 35.6 Å². The Kier molecular flexibility index (Phi) is 3.21. The van der Waals surface area contributed by atoms with Gasteiger partial charge in [0.15, 0.2) is 0 Å². The molecule has 1 rings (SSSR count). The van der Waals surface area contributed by atoms with Crippen molar-refractivity contribution in [1.82, 2.24) is 0 Å². The smallest absolute Gasteiger partial charge is 0.321 e. The maximum absolute atomic E-state index is 10.8. The van der Waals surface area contributed by atoms with Crippen molar-refractivity contribution in [2.45, 2.75) is 0 Å². The molecular weight excluding hydrogens is 201 g/mol. The second kappa shape index (κ2) is 4.21. The zero-order valence-electron chi connectivity index (χ0n) is 7.16. The fourth-order valence-electron chi connectivity index (χ4n) is 0.889. The number of benzene rings is 1. The Morgan fingerprint density at radius 1 is 1.36 bits per heavy atom. The third-order valence-electron chi connectivity index (χ3n) is 1.53. The topological polar surface area (TPSA) is 81.3 Å². The van der Waals surface area contributed by atoms with Crippen LogP contribution in [-0.4, -0.2) is 9.79 Å².